The van der Waals surface area contributed by atoms with Gasteiger partial charge in [0.2, 0.25) is 5.91 Å². The molecule has 1 aromatic carbocycles. The number of methoxy groups -OCH3 is 1. The Morgan fingerprint density at radius 3 is 2.32 bits per heavy atom. The monoisotopic (exact) mass is 438 g/mol. The highest BCUT2D eigenvalue weighted by Crippen LogP contribution is 2.32. The number of likely N-dealkylation sites (N-methyl/N-ethyl adjacent to an activating group) is 1. The number of amides is 1. The van der Waals surface area contributed by atoms with Crippen LogP contribution >= 0.6 is 0 Å². The molecule has 10 heteroatoms. The largest absolute Gasteiger partial charge is 0.497 e. The van der Waals surface area contributed by atoms with Gasteiger partial charge in [-0.25, -0.2) is 18.7 Å². The van der Waals surface area contributed by atoms with Crippen molar-refractivity contribution in [3.05, 3.63) is 36.4 Å². The van der Waals surface area contributed by atoms with Gasteiger partial charge in [-0.2, -0.15) is 0 Å². The highest BCUT2D eigenvalue weighted by Gasteiger charge is 2.15. The minimum Gasteiger partial charge on any atom is -0.497 e. The van der Waals surface area contributed by atoms with Crippen LogP contribution in [0.3, 0.4) is 0 Å². The predicted molar refractivity (Wildman–Crippen MR) is 112 cm³/mol. The lowest BCUT2D eigenvalue weighted by atomic mass is 10.2. The maximum atomic E-state index is 12.5. The van der Waals surface area contributed by atoms with E-state index in [0.29, 0.717) is 23.9 Å². The number of alkyl halides is 2. The molecule has 1 aliphatic heterocycles. The van der Waals surface area contributed by atoms with Crippen LogP contribution < -0.4 is 19.7 Å². The van der Waals surface area contributed by atoms with Crippen LogP contribution in [0.4, 0.5) is 14.5 Å². The van der Waals surface area contributed by atoms with Crippen molar-refractivity contribution < 1.29 is 27.8 Å². The molecule has 1 amide bonds. The number of ether oxygens (including phenoxy) is 3. The summed E-state index contributed by atoms with van der Waals surface area (Å²) in [4.78, 5) is 19.8. The summed E-state index contributed by atoms with van der Waals surface area (Å²) in [6.45, 7) is 4.61. The SMILES string of the molecule is CCOCC(=O)NC.COc1cc(Oc2cnc(C(F)F)nc2)cc(N2CCCC2)c1. The summed E-state index contributed by atoms with van der Waals surface area (Å²) in [6, 6.07) is 5.59. The second-order valence-corrected chi connectivity index (χ2v) is 6.55. The molecule has 1 aromatic heterocycles. The molecule has 0 radical (unpaired) electrons. The highest BCUT2D eigenvalue weighted by molar-refractivity contribution is 5.76. The molecule has 1 saturated heterocycles. The molecular formula is C21H28F2N4O4. The van der Waals surface area contributed by atoms with E-state index < -0.39 is 12.2 Å². The molecule has 2 aromatic rings. The van der Waals surface area contributed by atoms with Gasteiger partial charge in [-0.1, -0.05) is 0 Å². The van der Waals surface area contributed by atoms with E-state index in [1.54, 1.807) is 20.2 Å². The lowest BCUT2D eigenvalue weighted by Crippen LogP contribution is -2.23. The molecule has 0 bridgehead atoms. The molecule has 0 spiro atoms. The topological polar surface area (TPSA) is 85.8 Å². The first kappa shape index (κ1) is 24.3. The molecule has 3 rings (SSSR count). The van der Waals surface area contributed by atoms with Gasteiger partial charge in [-0.15, -0.1) is 0 Å². The fourth-order valence-electron chi connectivity index (χ4n) is 2.79. The molecule has 1 fully saturated rings. The standard InChI is InChI=1S/C16H17F2N3O2.C5H11NO2/c1-22-12-6-11(21-4-2-3-5-21)7-13(8-12)23-14-9-19-16(15(17)18)20-10-14;1-3-8-4-5(7)6-2/h6-10,15H,2-5H2,1H3;3-4H2,1-2H3,(H,6,7). The zero-order valence-corrected chi connectivity index (χ0v) is 17.9. The van der Waals surface area contributed by atoms with Gasteiger partial charge in [0.1, 0.15) is 18.1 Å². The van der Waals surface area contributed by atoms with E-state index in [1.165, 1.54) is 12.4 Å². The Morgan fingerprint density at radius 2 is 1.77 bits per heavy atom. The van der Waals surface area contributed by atoms with Crippen LogP contribution in [0.1, 0.15) is 32.0 Å². The van der Waals surface area contributed by atoms with Crippen LogP contribution in [-0.4, -0.2) is 56.3 Å². The average Bonchev–Trinajstić information content (AvgIpc) is 3.33. The van der Waals surface area contributed by atoms with E-state index in [-0.39, 0.29) is 12.5 Å². The predicted octanol–water partition coefficient (Wildman–Crippen LogP) is 3.58. The van der Waals surface area contributed by atoms with Gasteiger partial charge in [0.25, 0.3) is 6.43 Å². The summed E-state index contributed by atoms with van der Waals surface area (Å²) in [5, 5.41) is 2.44. The van der Waals surface area contributed by atoms with Crippen molar-refractivity contribution in [1.29, 1.82) is 0 Å². The lowest BCUT2D eigenvalue weighted by Gasteiger charge is -2.19. The van der Waals surface area contributed by atoms with Crippen LogP contribution in [0.25, 0.3) is 0 Å². The second kappa shape index (κ2) is 12.6. The number of halogens is 2. The Balaban J connectivity index is 0.000000366. The maximum Gasteiger partial charge on any atom is 0.297 e. The van der Waals surface area contributed by atoms with E-state index >= 15 is 0 Å². The number of benzene rings is 1. The molecule has 31 heavy (non-hydrogen) atoms. The third kappa shape index (κ3) is 7.97. The zero-order valence-electron chi connectivity index (χ0n) is 17.9. The second-order valence-electron chi connectivity index (χ2n) is 6.55. The molecule has 1 aliphatic rings. The van der Waals surface area contributed by atoms with E-state index in [2.05, 4.69) is 20.2 Å². The molecule has 0 saturated carbocycles. The van der Waals surface area contributed by atoms with Gasteiger partial charge in [0.15, 0.2) is 11.6 Å². The minimum atomic E-state index is -2.69. The third-order valence-electron chi connectivity index (χ3n) is 4.37. The first-order valence-corrected chi connectivity index (χ1v) is 9.97. The van der Waals surface area contributed by atoms with E-state index in [1.807, 2.05) is 19.1 Å². The number of rotatable bonds is 8. The summed E-state index contributed by atoms with van der Waals surface area (Å²) >= 11 is 0. The summed E-state index contributed by atoms with van der Waals surface area (Å²) in [5.74, 6) is 0.941. The lowest BCUT2D eigenvalue weighted by molar-refractivity contribution is -0.125. The van der Waals surface area contributed by atoms with E-state index in [9.17, 15) is 13.6 Å². The van der Waals surface area contributed by atoms with Crippen molar-refractivity contribution in [1.82, 2.24) is 15.3 Å². The van der Waals surface area contributed by atoms with Crippen LogP contribution in [0, 0.1) is 0 Å². The van der Waals surface area contributed by atoms with Gasteiger partial charge in [-0.05, 0) is 19.8 Å². The van der Waals surface area contributed by atoms with Gasteiger partial charge >= 0.3 is 0 Å². The Hall–Kier alpha value is -3.01. The highest BCUT2D eigenvalue weighted by atomic mass is 19.3. The maximum absolute atomic E-state index is 12.5. The smallest absolute Gasteiger partial charge is 0.297 e. The molecule has 1 N–H and O–H groups in total. The number of carbonyl (C=O) groups is 1. The first-order chi connectivity index (χ1) is 15.0. The van der Waals surface area contributed by atoms with Crippen molar-refractivity contribution in [3.8, 4) is 17.2 Å². The summed E-state index contributed by atoms with van der Waals surface area (Å²) in [7, 11) is 3.18. The number of anilines is 1. The molecule has 0 atom stereocenters. The normalized spacial score (nSPS) is 12.9. The number of hydrogen-bond acceptors (Lipinski definition) is 7. The van der Waals surface area contributed by atoms with Crippen molar-refractivity contribution in [2.45, 2.75) is 26.2 Å². The summed E-state index contributed by atoms with van der Waals surface area (Å²) in [6.07, 6.45) is 2.11. The van der Waals surface area contributed by atoms with E-state index in [0.717, 1.165) is 31.6 Å². The van der Waals surface area contributed by atoms with Crippen LogP contribution in [0.15, 0.2) is 30.6 Å². The molecule has 2 heterocycles. The van der Waals surface area contributed by atoms with Crippen molar-refractivity contribution in [3.63, 3.8) is 0 Å². The molecular weight excluding hydrogens is 410 g/mol. The van der Waals surface area contributed by atoms with Crippen LogP contribution in [0.2, 0.25) is 0 Å². The number of carbonyl (C=O) groups excluding carboxylic acids is 1. The van der Waals surface area contributed by atoms with Gasteiger partial charge in [-0.3, -0.25) is 4.79 Å². The van der Waals surface area contributed by atoms with Crippen molar-refractivity contribution in [2.75, 3.05) is 45.4 Å². The fraction of sp³-hybridized carbons (Fsp3) is 0.476. The fourth-order valence-corrected chi connectivity index (χ4v) is 2.79. The molecule has 8 nitrogen and oxygen atoms in total. The Kier molecular flexibility index (Phi) is 9.89. The third-order valence-corrected chi connectivity index (χ3v) is 4.37. The number of hydrogen-bond donors (Lipinski definition) is 1. The van der Waals surface area contributed by atoms with E-state index in [4.69, 9.17) is 14.2 Å². The zero-order chi connectivity index (χ0) is 22.6. The number of aromatic nitrogens is 2. The van der Waals surface area contributed by atoms with Gasteiger partial charge in [0, 0.05) is 50.6 Å². The first-order valence-electron chi connectivity index (χ1n) is 9.97. The van der Waals surface area contributed by atoms with Crippen molar-refractivity contribution >= 4 is 11.6 Å². The van der Waals surface area contributed by atoms with Gasteiger partial charge in [0.05, 0.1) is 19.5 Å². The summed E-state index contributed by atoms with van der Waals surface area (Å²) < 4.78 is 40.7. The van der Waals surface area contributed by atoms with Gasteiger partial charge < -0.3 is 24.4 Å². The minimum absolute atomic E-state index is 0.0770. The molecule has 0 unspecified atom stereocenters. The average molecular weight is 438 g/mol. The Labute approximate surface area is 180 Å². The quantitative estimate of drug-likeness (QED) is 0.674. The van der Waals surface area contributed by atoms with Crippen molar-refractivity contribution in [2.24, 2.45) is 0 Å². The number of nitrogens with one attached hydrogen (secondary N) is 1. The molecule has 0 aliphatic carbocycles. The number of nitrogens with zero attached hydrogens (tertiary/aromatic N) is 3. The van der Waals surface area contributed by atoms with Crippen LogP contribution in [-0.2, 0) is 9.53 Å². The molecule has 170 valence electrons. The summed E-state index contributed by atoms with van der Waals surface area (Å²) in [5.41, 5.74) is 1.02. The Bertz CT molecular complexity index is 816. The Morgan fingerprint density at radius 1 is 1.13 bits per heavy atom. The van der Waals surface area contributed by atoms with Crippen LogP contribution in [0.5, 0.6) is 17.2 Å².